The molecule has 1 aliphatic heterocycles. The molecule has 0 aromatic carbocycles. The topological polar surface area (TPSA) is 47.3 Å². The first-order valence-corrected chi connectivity index (χ1v) is 6.35. The summed E-state index contributed by atoms with van der Waals surface area (Å²) in [5.41, 5.74) is 2.94. The fourth-order valence-corrected chi connectivity index (χ4v) is 2.60. The van der Waals surface area contributed by atoms with Gasteiger partial charge < -0.3 is 4.74 Å². The fourth-order valence-electron chi connectivity index (χ4n) is 2.60. The van der Waals surface area contributed by atoms with Gasteiger partial charge in [-0.2, -0.15) is 0 Å². The second-order valence-electron chi connectivity index (χ2n) is 5.36. The van der Waals surface area contributed by atoms with Crippen LogP contribution >= 0.6 is 0 Å². The van der Waals surface area contributed by atoms with Gasteiger partial charge in [-0.1, -0.05) is 12.8 Å². The highest BCUT2D eigenvalue weighted by Gasteiger charge is 2.37. The van der Waals surface area contributed by atoms with Gasteiger partial charge in [0, 0.05) is 12.6 Å². The van der Waals surface area contributed by atoms with Crippen LogP contribution in [0.1, 0.15) is 51.9 Å². The number of hydrogen-bond acceptors (Lipinski definition) is 3. The van der Waals surface area contributed by atoms with Gasteiger partial charge in [-0.05, 0) is 44.9 Å². The Morgan fingerprint density at radius 1 is 1.47 bits per heavy atom. The second-order valence-corrected chi connectivity index (χ2v) is 5.36. The lowest BCUT2D eigenvalue weighted by Gasteiger charge is -2.40. The van der Waals surface area contributed by atoms with Gasteiger partial charge in [-0.15, -0.1) is 0 Å². The van der Waals surface area contributed by atoms with Crippen molar-refractivity contribution in [2.24, 2.45) is 11.8 Å². The van der Waals surface area contributed by atoms with E-state index < -0.39 is 0 Å². The Morgan fingerprint density at radius 2 is 2.27 bits per heavy atom. The van der Waals surface area contributed by atoms with Crippen LogP contribution < -0.4 is 11.3 Å². The zero-order valence-electron chi connectivity index (χ0n) is 9.80. The molecule has 2 atom stereocenters. The first-order chi connectivity index (χ1) is 7.24. The van der Waals surface area contributed by atoms with E-state index in [1.807, 2.05) is 0 Å². The Labute approximate surface area is 92.7 Å². The molecular weight excluding hydrogens is 188 g/mol. The van der Waals surface area contributed by atoms with E-state index in [-0.39, 0.29) is 5.60 Å². The summed E-state index contributed by atoms with van der Waals surface area (Å²) in [4.78, 5) is 0. The zero-order valence-corrected chi connectivity index (χ0v) is 9.80. The molecule has 1 heterocycles. The van der Waals surface area contributed by atoms with E-state index in [1.165, 1.54) is 32.1 Å². The summed E-state index contributed by atoms with van der Waals surface area (Å²) < 4.78 is 5.93. The van der Waals surface area contributed by atoms with Gasteiger partial charge in [0.15, 0.2) is 0 Å². The molecule has 0 amide bonds. The molecular formula is C12H24N2O. The van der Waals surface area contributed by atoms with Crippen molar-refractivity contribution in [1.82, 2.24) is 5.43 Å². The highest BCUT2D eigenvalue weighted by molar-refractivity contribution is 4.91. The fraction of sp³-hybridized carbons (Fsp3) is 1.00. The summed E-state index contributed by atoms with van der Waals surface area (Å²) in [6, 6.07) is 0.332. The molecule has 88 valence electrons. The van der Waals surface area contributed by atoms with E-state index in [0.29, 0.717) is 6.04 Å². The molecule has 2 fully saturated rings. The smallest absolute Gasteiger partial charge is 0.0820 e. The molecule has 2 unspecified atom stereocenters. The van der Waals surface area contributed by atoms with Crippen molar-refractivity contribution < 1.29 is 4.74 Å². The lowest BCUT2D eigenvalue weighted by molar-refractivity contribution is -0.0906. The van der Waals surface area contributed by atoms with Crippen molar-refractivity contribution in [3.05, 3.63) is 0 Å². The largest absolute Gasteiger partial charge is 0.374 e. The number of rotatable bonds is 5. The van der Waals surface area contributed by atoms with Gasteiger partial charge in [0.2, 0.25) is 0 Å². The minimum Gasteiger partial charge on any atom is -0.374 e. The van der Waals surface area contributed by atoms with Crippen LogP contribution in [0.4, 0.5) is 0 Å². The van der Waals surface area contributed by atoms with Gasteiger partial charge in [0.25, 0.3) is 0 Å². The molecule has 1 saturated heterocycles. The van der Waals surface area contributed by atoms with Crippen LogP contribution in [0, 0.1) is 5.92 Å². The lowest BCUT2D eigenvalue weighted by Crippen LogP contribution is -2.54. The monoisotopic (exact) mass is 212 g/mol. The first kappa shape index (κ1) is 11.4. The van der Waals surface area contributed by atoms with E-state index in [9.17, 15) is 0 Å². The predicted octanol–water partition coefficient (Wildman–Crippen LogP) is 1.97. The Balaban J connectivity index is 1.84. The molecule has 2 rings (SSSR count). The molecule has 2 aliphatic rings. The van der Waals surface area contributed by atoms with Gasteiger partial charge in [-0.25, -0.2) is 0 Å². The molecule has 0 aromatic heterocycles. The van der Waals surface area contributed by atoms with Gasteiger partial charge >= 0.3 is 0 Å². The minimum atomic E-state index is -0.0259. The lowest BCUT2D eigenvalue weighted by atomic mass is 9.85. The van der Waals surface area contributed by atoms with Crippen LogP contribution in [0.15, 0.2) is 0 Å². The number of hydrazine groups is 1. The Hall–Kier alpha value is -0.120. The van der Waals surface area contributed by atoms with Crippen molar-refractivity contribution in [2.45, 2.75) is 63.5 Å². The molecule has 1 aliphatic carbocycles. The Bertz CT molecular complexity index is 198. The highest BCUT2D eigenvalue weighted by atomic mass is 16.5. The van der Waals surface area contributed by atoms with E-state index in [1.54, 1.807) is 0 Å². The summed E-state index contributed by atoms with van der Waals surface area (Å²) in [6.07, 6.45) is 8.95. The number of nitrogens with one attached hydrogen (secondary N) is 1. The summed E-state index contributed by atoms with van der Waals surface area (Å²) in [6.45, 7) is 3.11. The zero-order chi connectivity index (χ0) is 10.7. The maximum absolute atomic E-state index is 5.93. The predicted molar refractivity (Wildman–Crippen MR) is 61.3 cm³/mol. The molecule has 0 spiro atoms. The van der Waals surface area contributed by atoms with Crippen molar-refractivity contribution in [3.8, 4) is 0 Å². The van der Waals surface area contributed by atoms with Gasteiger partial charge in [0.1, 0.15) is 0 Å². The summed E-state index contributed by atoms with van der Waals surface area (Å²) >= 11 is 0. The Kier molecular flexibility index (Phi) is 3.65. The highest BCUT2D eigenvalue weighted by Crippen LogP contribution is 2.36. The molecule has 0 aromatic rings. The average Bonchev–Trinajstić information content (AvgIpc) is 3.03. The molecule has 3 N–H and O–H groups in total. The van der Waals surface area contributed by atoms with Crippen LogP contribution in [0.25, 0.3) is 0 Å². The maximum atomic E-state index is 5.93. The minimum absolute atomic E-state index is 0.0259. The average molecular weight is 212 g/mol. The van der Waals surface area contributed by atoms with Gasteiger partial charge in [0.05, 0.1) is 5.60 Å². The molecule has 1 saturated carbocycles. The third-order valence-corrected chi connectivity index (χ3v) is 4.00. The maximum Gasteiger partial charge on any atom is 0.0820 e. The van der Waals surface area contributed by atoms with Crippen LogP contribution in [-0.4, -0.2) is 18.2 Å². The van der Waals surface area contributed by atoms with Crippen LogP contribution in [0.2, 0.25) is 0 Å². The molecule has 15 heavy (non-hydrogen) atoms. The van der Waals surface area contributed by atoms with Crippen molar-refractivity contribution in [2.75, 3.05) is 6.61 Å². The first-order valence-electron chi connectivity index (χ1n) is 6.35. The van der Waals surface area contributed by atoms with Crippen LogP contribution in [0.3, 0.4) is 0 Å². The van der Waals surface area contributed by atoms with Crippen LogP contribution in [-0.2, 0) is 4.74 Å². The third kappa shape index (κ3) is 2.92. The molecule has 3 heteroatoms. The van der Waals surface area contributed by atoms with Crippen LogP contribution in [0.5, 0.6) is 0 Å². The number of hydrogen-bond donors (Lipinski definition) is 2. The Morgan fingerprint density at radius 3 is 2.80 bits per heavy atom. The quantitative estimate of drug-likeness (QED) is 0.541. The molecule has 0 bridgehead atoms. The third-order valence-electron chi connectivity index (χ3n) is 4.00. The van der Waals surface area contributed by atoms with E-state index >= 15 is 0 Å². The van der Waals surface area contributed by atoms with Crippen molar-refractivity contribution in [1.29, 1.82) is 0 Å². The van der Waals surface area contributed by atoms with E-state index in [2.05, 4.69) is 12.3 Å². The second kappa shape index (κ2) is 4.81. The standard InChI is InChI=1S/C12H24N2O/c1-12(8-2-3-9-15-12)11(14-13)7-6-10-4-5-10/h10-11,14H,2-9,13H2,1H3. The van der Waals surface area contributed by atoms with Gasteiger partial charge in [-0.3, -0.25) is 11.3 Å². The van der Waals surface area contributed by atoms with Crippen molar-refractivity contribution >= 4 is 0 Å². The summed E-state index contributed by atoms with van der Waals surface area (Å²) in [5, 5.41) is 0. The number of nitrogens with two attached hydrogens (primary N) is 1. The SMILES string of the molecule is CC1(C(CCC2CC2)NN)CCCCO1. The molecule has 0 radical (unpaired) electrons. The summed E-state index contributed by atoms with van der Waals surface area (Å²) in [5.74, 6) is 6.65. The normalized spacial score (nSPS) is 34.0. The molecule has 3 nitrogen and oxygen atoms in total. The summed E-state index contributed by atoms with van der Waals surface area (Å²) in [7, 11) is 0. The van der Waals surface area contributed by atoms with E-state index in [4.69, 9.17) is 10.6 Å². The van der Waals surface area contributed by atoms with E-state index in [0.717, 1.165) is 25.4 Å². The number of ether oxygens (including phenoxy) is 1. The van der Waals surface area contributed by atoms with Crippen molar-refractivity contribution in [3.63, 3.8) is 0 Å².